The van der Waals surface area contributed by atoms with Gasteiger partial charge in [0, 0.05) is 10.6 Å². The molecule has 0 atom stereocenters. The fourth-order valence-corrected chi connectivity index (χ4v) is 2.71. The van der Waals surface area contributed by atoms with E-state index in [-0.39, 0.29) is 23.5 Å². The van der Waals surface area contributed by atoms with Crippen LogP contribution >= 0.6 is 23.2 Å². The fourth-order valence-electron chi connectivity index (χ4n) is 2.21. The maximum Gasteiger partial charge on any atom is 0.235 e. The third-order valence-corrected chi connectivity index (χ3v) is 3.76. The summed E-state index contributed by atoms with van der Waals surface area (Å²) in [4.78, 5) is 12.6. The second-order valence-corrected chi connectivity index (χ2v) is 5.50. The second kappa shape index (κ2) is 6.33. The molecule has 0 saturated carbocycles. The number of para-hydroxylation sites is 1. The molecule has 0 amide bonds. The number of benzene rings is 2. The minimum absolute atomic E-state index is 0.0468. The van der Waals surface area contributed by atoms with Gasteiger partial charge in [-0.05, 0) is 30.3 Å². The van der Waals surface area contributed by atoms with Gasteiger partial charge in [-0.3, -0.25) is 4.79 Å². The number of hydrogen-bond acceptors (Lipinski definition) is 4. The van der Waals surface area contributed by atoms with E-state index in [2.05, 4.69) is 0 Å². The molecule has 3 rings (SSSR count). The summed E-state index contributed by atoms with van der Waals surface area (Å²) in [5.74, 6) is 0.125. The van der Waals surface area contributed by atoms with Crippen LogP contribution in [0.4, 0.5) is 0 Å². The zero-order valence-corrected chi connectivity index (χ0v) is 13.2. The summed E-state index contributed by atoms with van der Waals surface area (Å²) < 4.78 is 11.1. The van der Waals surface area contributed by atoms with Gasteiger partial charge >= 0.3 is 0 Å². The van der Waals surface area contributed by atoms with E-state index in [1.165, 1.54) is 0 Å². The summed E-state index contributed by atoms with van der Waals surface area (Å²) in [5, 5.41) is 9.88. The molecule has 0 fully saturated rings. The normalized spacial score (nSPS) is 10.5. The average molecular weight is 346 g/mol. The Labute approximate surface area is 141 Å². The molecule has 2 aromatic carbocycles. The molecule has 1 aromatic heterocycles. The van der Waals surface area contributed by atoms with Crippen molar-refractivity contribution in [2.75, 3.05) is 6.61 Å². The lowest BCUT2D eigenvalue weighted by Crippen LogP contribution is -2.10. The van der Waals surface area contributed by atoms with E-state index in [1.807, 2.05) is 6.07 Å². The molecule has 0 aliphatic heterocycles. The molecule has 3 aromatic rings. The lowest BCUT2D eigenvalue weighted by Gasteiger charge is -2.11. The summed E-state index contributed by atoms with van der Waals surface area (Å²) >= 11 is 12.1. The van der Waals surface area contributed by atoms with Gasteiger partial charge in [0.2, 0.25) is 11.2 Å². The molecular weight excluding hydrogens is 337 g/mol. The van der Waals surface area contributed by atoms with Crippen LogP contribution in [-0.4, -0.2) is 6.61 Å². The first-order valence-electron chi connectivity index (χ1n) is 6.63. The standard InChI is InChI=1S/C17H9Cl2NO3/c18-10-5-6-11(13(19)9-10)16-17(22-8-7-20)15(21)12-3-1-2-4-14(12)23-16/h1-6,9H,8H2. The van der Waals surface area contributed by atoms with E-state index < -0.39 is 0 Å². The molecule has 0 aliphatic carbocycles. The van der Waals surface area contributed by atoms with Gasteiger partial charge in [0.05, 0.1) is 10.4 Å². The quantitative estimate of drug-likeness (QED) is 0.691. The average Bonchev–Trinajstić information content (AvgIpc) is 2.54. The van der Waals surface area contributed by atoms with Crippen molar-refractivity contribution in [2.24, 2.45) is 0 Å². The third-order valence-electron chi connectivity index (χ3n) is 3.21. The first-order chi connectivity index (χ1) is 11.1. The molecule has 23 heavy (non-hydrogen) atoms. The predicted molar refractivity (Wildman–Crippen MR) is 89.0 cm³/mol. The molecular formula is C17H9Cl2NO3. The van der Waals surface area contributed by atoms with Gasteiger partial charge in [0.1, 0.15) is 11.7 Å². The minimum atomic E-state index is -0.358. The highest BCUT2D eigenvalue weighted by molar-refractivity contribution is 6.36. The van der Waals surface area contributed by atoms with E-state index in [0.717, 1.165) is 0 Å². The number of hydrogen-bond donors (Lipinski definition) is 0. The second-order valence-electron chi connectivity index (χ2n) is 4.66. The molecule has 0 unspecified atom stereocenters. The first kappa shape index (κ1) is 15.4. The van der Waals surface area contributed by atoms with Crippen molar-refractivity contribution in [3.05, 3.63) is 62.7 Å². The molecule has 0 aliphatic rings. The van der Waals surface area contributed by atoms with Gasteiger partial charge in [-0.15, -0.1) is 0 Å². The van der Waals surface area contributed by atoms with Crippen LogP contribution in [-0.2, 0) is 0 Å². The van der Waals surface area contributed by atoms with E-state index in [4.69, 9.17) is 37.6 Å². The molecule has 0 bridgehead atoms. The van der Waals surface area contributed by atoms with Crippen LogP contribution in [0.1, 0.15) is 0 Å². The Morgan fingerprint density at radius 3 is 2.70 bits per heavy atom. The molecule has 0 radical (unpaired) electrons. The monoisotopic (exact) mass is 345 g/mol. The molecule has 0 saturated heterocycles. The zero-order valence-electron chi connectivity index (χ0n) is 11.7. The van der Waals surface area contributed by atoms with Crippen molar-refractivity contribution in [1.82, 2.24) is 0 Å². The van der Waals surface area contributed by atoms with Gasteiger partial charge in [-0.2, -0.15) is 5.26 Å². The number of nitrogens with zero attached hydrogens (tertiary/aromatic N) is 1. The summed E-state index contributed by atoms with van der Waals surface area (Å²) in [6, 6.07) is 13.4. The van der Waals surface area contributed by atoms with Crippen LogP contribution in [0.3, 0.4) is 0 Å². The van der Waals surface area contributed by atoms with E-state index in [0.29, 0.717) is 26.6 Å². The molecule has 4 nitrogen and oxygen atoms in total. The summed E-state index contributed by atoms with van der Waals surface area (Å²) in [6.07, 6.45) is 0. The largest absolute Gasteiger partial charge is 0.471 e. The van der Waals surface area contributed by atoms with Crippen molar-refractivity contribution in [1.29, 1.82) is 5.26 Å². The highest BCUT2D eigenvalue weighted by Gasteiger charge is 2.19. The minimum Gasteiger partial charge on any atom is -0.471 e. The van der Waals surface area contributed by atoms with E-state index in [1.54, 1.807) is 42.5 Å². The van der Waals surface area contributed by atoms with Crippen LogP contribution in [0.5, 0.6) is 5.75 Å². The summed E-state index contributed by atoms with van der Waals surface area (Å²) in [5.41, 5.74) is 0.512. The van der Waals surface area contributed by atoms with Gasteiger partial charge in [-0.25, -0.2) is 0 Å². The third kappa shape index (κ3) is 2.89. The smallest absolute Gasteiger partial charge is 0.235 e. The Morgan fingerprint density at radius 2 is 1.96 bits per heavy atom. The molecule has 0 N–H and O–H groups in total. The van der Waals surface area contributed by atoms with Crippen molar-refractivity contribution < 1.29 is 9.15 Å². The van der Waals surface area contributed by atoms with Gasteiger partial charge in [0.25, 0.3) is 0 Å². The number of fused-ring (bicyclic) bond motifs is 1. The lowest BCUT2D eigenvalue weighted by molar-refractivity contribution is 0.356. The van der Waals surface area contributed by atoms with Gasteiger partial charge < -0.3 is 9.15 Å². The molecule has 114 valence electrons. The predicted octanol–water partition coefficient (Wildman–Crippen LogP) is 4.67. The number of ether oxygens (including phenoxy) is 1. The fraction of sp³-hybridized carbons (Fsp3) is 0.0588. The molecule has 0 spiro atoms. The SMILES string of the molecule is N#CCOc1c(-c2ccc(Cl)cc2Cl)oc2ccccc2c1=O. The van der Waals surface area contributed by atoms with Crippen LogP contribution in [0.2, 0.25) is 10.0 Å². The van der Waals surface area contributed by atoms with Gasteiger partial charge in [0.15, 0.2) is 12.4 Å². The van der Waals surface area contributed by atoms with Crippen LogP contribution < -0.4 is 10.2 Å². The Balaban J connectivity index is 2.33. The van der Waals surface area contributed by atoms with E-state index >= 15 is 0 Å². The molecule has 6 heteroatoms. The highest BCUT2D eigenvalue weighted by atomic mass is 35.5. The Hall–Kier alpha value is -2.48. The van der Waals surface area contributed by atoms with Gasteiger partial charge in [-0.1, -0.05) is 35.3 Å². The van der Waals surface area contributed by atoms with Crippen LogP contribution in [0.25, 0.3) is 22.3 Å². The maximum absolute atomic E-state index is 12.6. The summed E-state index contributed by atoms with van der Waals surface area (Å²) in [7, 11) is 0. The number of halogens is 2. The van der Waals surface area contributed by atoms with Crippen LogP contribution in [0.15, 0.2) is 51.7 Å². The highest BCUT2D eigenvalue weighted by Crippen LogP contribution is 2.36. The summed E-state index contributed by atoms with van der Waals surface area (Å²) in [6.45, 7) is -0.276. The maximum atomic E-state index is 12.6. The Bertz CT molecular complexity index is 989. The molecule has 1 heterocycles. The van der Waals surface area contributed by atoms with Crippen molar-refractivity contribution in [2.45, 2.75) is 0 Å². The van der Waals surface area contributed by atoms with Crippen LogP contribution in [0, 0.1) is 11.3 Å². The topological polar surface area (TPSA) is 63.2 Å². The van der Waals surface area contributed by atoms with Crippen molar-refractivity contribution >= 4 is 34.2 Å². The number of rotatable bonds is 3. The Kier molecular flexibility index (Phi) is 4.24. The van der Waals surface area contributed by atoms with Crippen molar-refractivity contribution in [3.63, 3.8) is 0 Å². The Morgan fingerprint density at radius 1 is 1.17 bits per heavy atom. The van der Waals surface area contributed by atoms with E-state index in [9.17, 15) is 4.79 Å². The number of nitriles is 1. The van der Waals surface area contributed by atoms with Crippen molar-refractivity contribution in [3.8, 4) is 23.1 Å². The lowest BCUT2D eigenvalue weighted by atomic mass is 10.1. The zero-order chi connectivity index (χ0) is 16.4. The first-order valence-corrected chi connectivity index (χ1v) is 7.38.